The van der Waals surface area contributed by atoms with Crippen molar-refractivity contribution in [2.24, 2.45) is 0 Å². The summed E-state index contributed by atoms with van der Waals surface area (Å²) in [7, 11) is 0. The highest BCUT2D eigenvalue weighted by Crippen LogP contribution is 2.39. The van der Waals surface area contributed by atoms with Gasteiger partial charge in [-0.2, -0.15) is 0 Å². The summed E-state index contributed by atoms with van der Waals surface area (Å²) in [4.78, 5) is 33.2. The van der Waals surface area contributed by atoms with Gasteiger partial charge in [-0.3, -0.25) is 9.59 Å². The number of nitrogens with zero attached hydrogens (tertiary/aromatic N) is 3. The lowest BCUT2D eigenvalue weighted by Gasteiger charge is -2.32. The number of carbonyl (C=O) groups is 2. The number of amides is 1. The summed E-state index contributed by atoms with van der Waals surface area (Å²) in [6.45, 7) is 1.81. The summed E-state index contributed by atoms with van der Waals surface area (Å²) in [5, 5.41) is 1.32. The molecule has 1 aliphatic heterocycles. The maximum Gasteiger partial charge on any atom is 0.254 e. The second kappa shape index (κ2) is 9.23. The summed E-state index contributed by atoms with van der Waals surface area (Å²) in [5.74, 6) is 1.07. The molecule has 2 aliphatic rings. The molecule has 0 spiro atoms. The summed E-state index contributed by atoms with van der Waals surface area (Å²) in [6, 6.07) is 18.6. The fourth-order valence-electron chi connectivity index (χ4n) is 5.42. The third-order valence-electron chi connectivity index (χ3n) is 7.23. The smallest absolute Gasteiger partial charge is 0.254 e. The molecule has 3 aromatic carbocycles. The number of likely N-dealkylation sites (tertiary alicyclic amines) is 1. The van der Waals surface area contributed by atoms with Crippen LogP contribution >= 0.6 is 23.2 Å². The highest BCUT2D eigenvalue weighted by atomic mass is 35.5. The molecule has 0 saturated carbocycles. The Morgan fingerprint density at radius 1 is 0.944 bits per heavy atom. The average molecular weight is 516 g/mol. The molecule has 1 fully saturated rings. The van der Waals surface area contributed by atoms with Crippen LogP contribution in [-0.2, 0) is 6.54 Å². The molecule has 1 aliphatic carbocycles. The molecular weight excluding hydrogens is 493 g/mol. The molecule has 5 nitrogen and oxygen atoms in total. The molecule has 0 atom stereocenters. The Labute approximate surface area is 219 Å². The number of halogens is 2. The van der Waals surface area contributed by atoms with Crippen LogP contribution in [0.25, 0.3) is 11.1 Å². The SMILES string of the molecule is O=C1c2ccccc2-c2cccc(C(=O)N3CCC(c4nccn4Cc4cc(Cl)ccc4Cl)CC3)c21. The van der Waals surface area contributed by atoms with E-state index in [1.54, 1.807) is 12.1 Å². The molecule has 0 N–H and O–H groups in total. The van der Waals surface area contributed by atoms with Gasteiger partial charge in [0.1, 0.15) is 5.82 Å². The van der Waals surface area contributed by atoms with Gasteiger partial charge >= 0.3 is 0 Å². The van der Waals surface area contributed by atoms with Crippen LogP contribution in [0.15, 0.2) is 73.1 Å². The van der Waals surface area contributed by atoms with E-state index in [0.29, 0.717) is 46.4 Å². The topological polar surface area (TPSA) is 55.2 Å². The van der Waals surface area contributed by atoms with Crippen molar-refractivity contribution < 1.29 is 9.59 Å². The molecule has 0 bridgehead atoms. The molecule has 4 aromatic rings. The normalized spacial score (nSPS) is 15.2. The molecule has 180 valence electrons. The minimum atomic E-state index is -0.0829. The standard InChI is InChI=1S/C29H23Cl2N3O2/c30-20-8-9-25(31)19(16-20)17-34-15-12-32-28(34)18-10-13-33(14-11-18)29(36)24-7-3-6-22-21-4-1-2-5-23(21)27(35)26(22)24/h1-9,12,15-16,18H,10-11,13-14,17H2. The number of fused-ring (bicyclic) bond motifs is 3. The number of carbonyl (C=O) groups excluding carboxylic acids is 2. The van der Waals surface area contributed by atoms with Crippen LogP contribution in [0.4, 0.5) is 0 Å². The molecule has 0 unspecified atom stereocenters. The summed E-state index contributed by atoms with van der Waals surface area (Å²) in [5.41, 5.74) is 4.37. The lowest BCUT2D eigenvalue weighted by atomic mass is 9.94. The van der Waals surface area contributed by atoms with Gasteiger partial charge in [0.15, 0.2) is 5.78 Å². The number of aromatic nitrogens is 2. The van der Waals surface area contributed by atoms with Crippen LogP contribution < -0.4 is 0 Å². The molecule has 0 radical (unpaired) electrons. The summed E-state index contributed by atoms with van der Waals surface area (Å²) < 4.78 is 2.11. The van der Waals surface area contributed by atoms with Crippen molar-refractivity contribution in [3.05, 3.63) is 111 Å². The van der Waals surface area contributed by atoms with Gasteiger partial charge in [0.25, 0.3) is 5.91 Å². The summed E-state index contributed by atoms with van der Waals surface area (Å²) in [6.07, 6.45) is 5.37. The van der Waals surface area contributed by atoms with Crippen molar-refractivity contribution >= 4 is 34.9 Å². The Kier molecular flexibility index (Phi) is 5.90. The number of imidazole rings is 1. The van der Waals surface area contributed by atoms with E-state index in [1.807, 2.05) is 65.8 Å². The fraction of sp³-hybridized carbons (Fsp3) is 0.207. The van der Waals surface area contributed by atoms with Crippen molar-refractivity contribution in [1.29, 1.82) is 0 Å². The van der Waals surface area contributed by atoms with Gasteiger partial charge in [-0.15, -0.1) is 0 Å². The van der Waals surface area contributed by atoms with Gasteiger partial charge < -0.3 is 9.47 Å². The Balaban J connectivity index is 1.19. The highest BCUT2D eigenvalue weighted by Gasteiger charge is 2.33. The van der Waals surface area contributed by atoms with E-state index in [0.717, 1.165) is 35.4 Å². The first-order valence-electron chi connectivity index (χ1n) is 12.0. The van der Waals surface area contributed by atoms with Crippen molar-refractivity contribution in [3.8, 4) is 11.1 Å². The van der Waals surface area contributed by atoms with E-state index in [4.69, 9.17) is 23.2 Å². The van der Waals surface area contributed by atoms with Crippen molar-refractivity contribution in [3.63, 3.8) is 0 Å². The van der Waals surface area contributed by atoms with Crippen molar-refractivity contribution in [1.82, 2.24) is 14.5 Å². The van der Waals surface area contributed by atoms with Crippen molar-refractivity contribution in [2.45, 2.75) is 25.3 Å². The third kappa shape index (κ3) is 3.93. The van der Waals surface area contributed by atoms with Crippen LogP contribution in [0.1, 0.15) is 56.4 Å². The van der Waals surface area contributed by atoms with Gasteiger partial charge in [-0.1, -0.05) is 59.6 Å². The van der Waals surface area contributed by atoms with E-state index >= 15 is 0 Å². The molecule has 2 heterocycles. The maximum absolute atomic E-state index is 13.6. The first kappa shape index (κ1) is 23.0. The van der Waals surface area contributed by atoms with E-state index in [-0.39, 0.29) is 17.6 Å². The number of hydrogen-bond donors (Lipinski definition) is 0. The van der Waals surface area contributed by atoms with Gasteiger partial charge in [0.05, 0.1) is 12.1 Å². The zero-order chi connectivity index (χ0) is 24.8. The lowest BCUT2D eigenvalue weighted by Crippen LogP contribution is -2.39. The largest absolute Gasteiger partial charge is 0.339 e. The fourth-order valence-corrected chi connectivity index (χ4v) is 5.80. The molecule has 1 amide bonds. The highest BCUT2D eigenvalue weighted by molar-refractivity contribution is 6.33. The van der Waals surface area contributed by atoms with Gasteiger partial charge in [-0.25, -0.2) is 4.98 Å². The predicted octanol–water partition coefficient (Wildman–Crippen LogP) is 6.47. The van der Waals surface area contributed by atoms with Crippen LogP contribution in [0.5, 0.6) is 0 Å². The van der Waals surface area contributed by atoms with Gasteiger partial charge in [0.2, 0.25) is 0 Å². The monoisotopic (exact) mass is 515 g/mol. The number of ketones is 1. The van der Waals surface area contributed by atoms with Gasteiger partial charge in [0, 0.05) is 52.6 Å². The van der Waals surface area contributed by atoms with E-state index in [2.05, 4.69) is 9.55 Å². The molecule has 7 heteroatoms. The average Bonchev–Trinajstić information content (AvgIpc) is 3.49. The minimum Gasteiger partial charge on any atom is -0.339 e. The number of rotatable bonds is 4. The van der Waals surface area contributed by atoms with E-state index in [1.165, 1.54) is 0 Å². The Morgan fingerprint density at radius 3 is 2.50 bits per heavy atom. The molecule has 1 saturated heterocycles. The van der Waals surface area contributed by atoms with Crippen LogP contribution in [0.2, 0.25) is 10.0 Å². The molecule has 6 rings (SSSR count). The van der Waals surface area contributed by atoms with Gasteiger partial charge in [-0.05, 0) is 53.8 Å². The lowest BCUT2D eigenvalue weighted by molar-refractivity contribution is 0.0707. The first-order chi connectivity index (χ1) is 17.5. The zero-order valence-corrected chi connectivity index (χ0v) is 21.0. The molecule has 1 aromatic heterocycles. The first-order valence-corrected chi connectivity index (χ1v) is 12.8. The maximum atomic E-state index is 13.6. The Bertz CT molecular complexity index is 1500. The minimum absolute atomic E-state index is 0.0684. The van der Waals surface area contributed by atoms with Crippen molar-refractivity contribution in [2.75, 3.05) is 13.1 Å². The van der Waals surface area contributed by atoms with Crippen LogP contribution in [-0.4, -0.2) is 39.2 Å². The van der Waals surface area contributed by atoms with E-state index in [9.17, 15) is 9.59 Å². The quantitative estimate of drug-likeness (QED) is 0.275. The number of piperidine rings is 1. The second-order valence-electron chi connectivity index (χ2n) is 9.32. The third-order valence-corrected chi connectivity index (χ3v) is 7.83. The van der Waals surface area contributed by atoms with E-state index < -0.39 is 0 Å². The molecule has 36 heavy (non-hydrogen) atoms. The Hall–Kier alpha value is -3.41. The number of benzene rings is 3. The van der Waals surface area contributed by atoms with Crippen LogP contribution in [0, 0.1) is 0 Å². The zero-order valence-electron chi connectivity index (χ0n) is 19.5. The summed E-state index contributed by atoms with van der Waals surface area (Å²) >= 11 is 12.6. The second-order valence-corrected chi connectivity index (χ2v) is 10.2. The Morgan fingerprint density at radius 2 is 1.69 bits per heavy atom. The van der Waals surface area contributed by atoms with Crippen LogP contribution in [0.3, 0.4) is 0 Å². The predicted molar refractivity (Wildman–Crippen MR) is 141 cm³/mol. The number of hydrogen-bond acceptors (Lipinski definition) is 3. The molecular formula is C29H23Cl2N3O2.